The van der Waals surface area contributed by atoms with Crippen LogP contribution in [-0.4, -0.2) is 24.0 Å². The van der Waals surface area contributed by atoms with Crippen molar-refractivity contribution < 1.29 is 9.50 Å². The van der Waals surface area contributed by atoms with E-state index < -0.39 is 0 Å². The monoisotopic (exact) mass is 285 g/mol. The fraction of sp³-hybridized carbons (Fsp3) is 0.600. The Labute approximate surface area is 119 Å². The lowest BCUT2D eigenvalue weighted by atomic mass is 10.1. The highest BCUT2D eigenvalue weighted by Crippen LogP contribution is 2.26. The molecule has 108 valence electrons. The number of rotatable bonds is 8. The smallest absolute Gasteiger partial charge is 0.137 e. The lowest BCUT2D eigenvalue weighted by Crippen LogP contribution is -2.19. The highest BCUT2D eigenvalue weighted by atomic mass is 32.2. The zero-order valence-corrected chi connectivity index (χ0v) is 12.8. The molecule has 0 amide bonds. The summed E-state index contributed by atoms with van der Waals surface area (Å²) >= 11 is 1.46. The molecule has 1 rings (SSSR count). The predicted molar refractivity (Wildman–Crippen MR) is 80.1 cm³/mol. The molecule has 0 saturated carbocycles. The number of thioether (sulfide) groups is 1. The Morgan fingerprint density at radius 3 is 2.68 bits per heavy atom. The minimum absolute atomic E-state index is 0.144. The van der Waals surface area contributed by atoms with Crippen molar-refractivity contribution in [2.24, 2.45) is 5.92 Å². The molecule has 0 aliphatic heterocycles. The van der Waals surface area contributed by atoms with Gasteiger partial charge in [-0.25, -0.2) is 4.39 Å². The first-order valence-corrected chi connectivity index (χ1v) is 7.83. The maximum atomic E-state index is 14.0. The molecule has 0 radical (unpaired) electrons. The second-order valence-corrected chi connectivity index (χ2v) is 6.03. The molecular formula is C15H24FNOS. The summed E-state index contributed by atoms with van der Waals surface area (Å²) in [4.78, 5) is 0.659. The van der Waals surface area contributed by atoms with E-state index >= 15 is 0 Å². The van der Waals surface area contributed by atoms with E-state index in [0.29, 0.717) is 4.90 Å². The van der Waals surface area contributed by atoms with Gasteiger partial charge in [0.15, 0.2) is 0 Å². The molecular weight excluding hydrogens is 261 g/mol. The van der Waals surface area contributed by atoms with E-state index in [0.717, 1.165) is 24.3 Å². The van der Waals surface area contributed by atoms with Gasteiger partial charge in [0.1, 0.15) is 5.82 Å². The maximum absolute atomic E-state index is 14.0. The van der Waals surface area contributed by atoms with Crippen LogP contribution in [0.1, 0.15) is 38.8 Å². The number of aliphatic hydroxyl groups is 1. The van der Waals surface area contributed by atoms with Crippen LogP contribution in [0.15, 0.2) is 23.1 Å². The Hall–Kier alpha value is -0.580. The van der Waals surface area contributed by atoms with Gasteiger partial charge in [-0.3, -0.25) is 0 Å². The van der Waals surface area contributed by atoms with Gasteiger partial charge >= 0.3 is 0 Å². The number of benzene rings is 1. The summed E-state index contributed by atoms with van der Waals surface area (Å²) in [6, 6.07) is 5.59. The summed E-state index contributed by atoms with van der Waals surface area (Å²) in [6.07, 6.45) is 1.07. The van der Waals surface area contributed by atoms with E-state index in [9.17, 15) is 4.39 Å². The molecule has 0 saturated heterocycles. The molecule has 2 unspecified atom stereocenters. The number of aliphatic hydroxyl groups excluding tert-OH is 1. The van der Waals surface area contributed by atoms with E-state index in [1.165, 1.54) is 11.8 Å². The van der Waals surface area contributed by atoms with E-state index in [4.69, 9.17) is 5.11 Å². The Morgan fingerprint density at radius 1 is 1.37 bits per heavy atom. The quantitative estimate of drug-likeness (QED) is 0.716. The number of hydrogen-bond donors (Lipinski definition) is 2. The van der Waals surface area contributed by atoms with Gasteiger partial charge in [-0.1, -0.05) is 19.9 Å². The van der Waals surface area contributed by atoms with Gasteiger partial charge < -0.3 is 10.4 Å². The fourth-order valence-corrected chi connectivity index (χ4v) is 2.60. The molecule has 19 heavy (non-hydrogen) atoms. The van der Waals surface area contributed by atoms with Crippen LogP contribution in [0.2, 0.25) is 0 Å². The van der Waals surface area contributed by atoms with Crippen LogP contribution in [0.5, 0.6) is 0 Å². The number of nitrogens with one attached hydrogen (secondary N) is 1. The van der Waals surface area contributed by atoms with E-state index in [2.05, 4.69) is 12.2 Å². The van der Waals surface area contributed by atoms with Gasteiger partial charge in [-0.05, 0) is 43.5 Å². The minimum Gasteiger partial charge on any atom is -0.396 e. The van der Waals surface area contributed by atoms with Crippen molar-refractivity contribution in [2.45, 2.75) is 38.1 Å². The van der Waals surface area contributed by atoms with Crippen molar-refractivity contribution in [3.8, 4) is 0 Å². The summed E-state index contributed by atoms with van der Waals surface area (Å²) in [7, 11) is 0. The average Bonchev–Trinajstić information content (AvgIpc) is 2.42. The molecule has 0 bridgehead atoms. The molecule has 2 nitrogen and oxygen atoms in total. The highest BCUT2D eigenvalue weighted by molar-refractivity contribution is 7.99. The third-order valence-electron chi connectivity index (χ3n) is 2.99. The zero-order valence-electron chi connectivity index (χ0n) is 11.9. The standard InChI is InChI=1S/C15H24FNOS/c1-4-7-17-12(3)13-5-6-15(14(16)8-13)19-10-11(2)9-18/h5-6,8,11-12,17-18H,4,7,9-10H2,1-3H3. The number of halogens is 1. The molecule has 0 heterocycles. The van der Waals surface area contributed by atoms with Crippen molar-refractivity contribution in [1.82, 2.24) is 5.32 Å². The van der Waals surface area contributed by atoms with E-state index in [-0.39, 0.29) is 24.4 Å². The largest absolute Gasteiger partial charge is 0.396 e. The molecule has 1 aromatic carbocycles. The maximum Gasteiger partial charge on any atom is 0.137 e. The Bertz CT molecular complexity index is 386. The predicted octanol–water partition coefficient (Wildman–Crippen LogP) is 3.61. The molecule has 0 fully saturated rings. The van der Waals surface area contributed by atoms with Gasteiger partial charge in [0.25, 0.3) is 0 Å². The second kappa shape index (κ2) is 8.56. The molecule has 0 aromatic heterocycles. The summed E-state index contributed by atoms with van der Waals surface area (Å²) in [5.74, 6) is 0.753. The second-order valence-electron chi connectivity index (χ2n) is 4.96. The minimum atomic E-state index is -0.169. The molecule has 4 heteroatoms. The summed E-state index contributed by atoms with van der Waals surface area (Å²) in [6.45, 7) is 7.20. The summed E-state index contributed by atoms with van der Waals surface area (Å²) in [5.41, 5.74) is 0.977. The average molecular weight is 285 g/mol. The first kappa shape index (κ1) is 16.5. The molecule has 0 aliphatic carbocycles. The lowest BCUT2D eigenvalue weighted by molar-refractivity contribution is 0.250. The third-order valence-corrected chi connectivity index (χ3v) is 4.37. The van der Waals surface area contributed by atoms with Crippen molar-refractivity contribution in [3.05, 3.63) is 29.6 Å². The number of hydrogen-bond acceptors (Lipinski definition) is 3. The van der Waals surface area contributed by atoms with Gasteiger partial charge in [0, 0.05) is 23.3 Å². The summed E-state index contributed by atoms with van der Waals surface area (Å²) in [5, 5.41) is 12.3. The van der Waals surface area contributed by atoms with Crippen LogP contribution in [0, 0.1) is 11.7 Å². The van der Waals surface area contributed by atoms with Gasteiger partial charge in [-0.15, -0.1) is 11.8 Å². The van der Waals surface area contributed by atoms with Crippen LogP contribution in [0.3, 0.4) is 0 Å². The van der Waals surface area contributed by atoms with Gasteiger partial charge in [0.2, 0.25) is 0 Å². The first-order valence-electron chi connectivity index (χ1n) is 6.85. The highest BCUT2D eigenvalue weighted by Gasteiger charge is 2.10. The van der Waals surface area contributed by atoms with Crippen LogP contribution in [-0.2, 0) is 0 Å². The molecule has 1 aromatic rings. The Kier molecular flexibility index (Phi) is 7.42. The van der Waals surface area contributed by atoms with Crippen molar-refractivity contribution in [3.63, 3.8) is 0 Å². The third kappa shape index (κ3) is 5.51. The molecule has 2 N–H and O–H groups in total. The fourth-order valence-electron chi connectivity index (χ4n) is 1.67. The van der Waals surface area contributed by atoms with Crippen LogP contribution >= 0.6 is 11.8 Å². The van der Waals surface area contributed by atoms with E-state index in [1.54, 1.807) is 6.07 Å². The van der Waals surface area contributed by atoms with Gasteiger partial charge in [-0.2, -0.15) is 0 Å². The normalized spacial score (nSPS) is 14.4. The molecule has 0 spiro atoms. The zero-order chi connectivity index (χ0) is 14.3. The Balaban J connectivity index is 2.63. The van der Waals surface area contributed by atoms with Crippen LogP contribution in [0.25, 0.3) is 0 Å². The SMILES string of the molecule is CCCNC(C)c1ccc(SCC(C)CO)c(F)c1. The van der Waals surface area contributed by atoms with Crippen molar-refractivity contribution in [1.29, 1.82) is 0 Å². The van der Waals surface area contributed by atoms with Crippen LogP contribution in [0.4, 0.5) is 4.39 Å². The van der Waals surface area contributed by atoms with Crippen molar-refractivity contribution in [2.75, 3.05) is 18.9 Å². The van der Waals surface area contributed by atoms with Crippen LogP contribution < -0.4 is 5.32 Å². The molecule has 2 atom stereocenters. The first-order chi connectivity index (χ1) is 9.08. The molecule has 0 aliphatic rings. The van der Waals surface area contributed by atoms with Gasteiger partial charge in [0.05, 0.1) is 0 Å². The van der Waals surface area contributed by atoms with E-state index in [1.807, 2.05) is 26.0 Å². The Morgan fingerprint density at radius 2 is 2.11 bits per heavy atom. The topological polar surface area (TPSA) is 32.3 Å². The summed E-state index contributed by atoms with van der Waals surface area (Å²) < 4.78 is 14.0. The lowest BCUT2D eigenvalue weighted by Gasteiger charge is -2.15. The van der Waals surface area contributed by atoms with Crippen molar-refractivity contribution >= 4 is 11.8 Å².